The predicted octanol–water partition coefficient (Wildman–Crippen LogP) is 5.41. The van der Waals surface area contributed by atoms with E-state index in [1.807, 2.05) is 6.92 Å². The number of carbonyl (C=O) groups excluding carboxylic acids is 2. The molecule has 1 atom stereocenters. The molecule has 1 aliphatic rings. The number of aliphatic hydroxyl groups excluding tert-OH is 1. The number of aryl methyl sites for hydroxylation is 1. The van der Waals surface area contributed by atoms with Gasteiger partial charge in [0.1, 0.15) is 11.6 Å². The molecule has 0 aromatic heterocycles. The van der Waals surface area contributed by atoms with E-state index in [0.717, 1.165) is 5.56 Å². The minimum Gasteiger partial charge on any atom is -0.507 e. The van der Waals surface area contributed by atoms with Crippen LogP contribution >= 0.6 is 11.6 Å². The Bertz CT molecular complexity index is 1150. The quantitative estimate of drug-likeness (QED) is 0.349. The van der Waals surface area contributed by atoms with Gasteiger partial charge in [0, 0.05) is 16.3 Å². The first-order valence-corrected chi connectivity index (χ1v) is 9.63. The molecular formula is C24H17ClFNO3. The van der Waals surface area contributed by atoms with Gasteiger partial charge in [-0.25, -0.2) is 4.39 Å². The zero-order chi connectivity index (χ0) is 21.4. The van der Waals surface area contributed by atoms with Gasteiger partial charge in [-0.05, 0) is 48.9 Å². The van der Waals surface area contributed by atoms with Crippen molar-refractivity contribution in [2.75, 3.05) is 4.90 Å². The van der Waals surface area contributed by atoms with Gasteiger partial charge >= 0.3 is 0 Å². The molecule has 4 nitrogen and oxygen atoms in total. The van der Waals surface area contributed by atoms with Gasteiger partial charge in [0.25, 0.3) is 11.7 Å². The number of Topliss-reactive ketones (excluding diaryl/α,β-unsaturated/α-hetero) is 1. The number of aliphatic hydroxyl groups is 1. The van der Waals surface area contributed by atoms with Crippen LogP contribution in [-0.2, 0) is 9.59 Å². The monoisotopic (exact) mass is 421 g/mol. The Hall–Kier alpha value is -3.44. The van der Waals surface area contributed by atoms with Crippen LogP contribution in [0.15, 0.2) is 78.4 Å². The molecule has 3 aromatic rings. The number of hydrogen-bond donors (Lipinski definition) is 1. The van der Waals surface area contributed by atoms with Crippen LogP contribution in [0.5, 0.6) is 0 Å². The Balaban J connectivity index is 1.93. The molecule has 1 unspecified atom stereocenters. The van der Waals surface area contributed by atoms with E-state index in [0.29, 0.717) is 21.8 Å². The topological polar surface area (TPSA) is 57.6 Å². The lowest BCUT2D eigenvalue weighted by Crippen LogP contribution is -2.29. The van der Waals surface area contributed by atoms with Crippen LogP contribution in [0.25, 0.3) is 5.76 Å². The van der Waals surface area contributed by atoms with Crippen LogP contribution in [0.3, 0.4) is 0 Å². The normalized spacial score (nSPS) is 18.1. The van der Waals surface area contributed by atoms with E-state index in [-0.39, 0.29) is 11.3 Å². The summed E-state index contributed by atoms with van der Waals surface area (Å²) in [6, 6.07) is 18.0. The third-order valence-electron chi connectivity index (χ3n) is 5.06. The van der Waals surface area contributed by atoms with E-state index in [4.69, 9.17) is 11.6 Å². The largest absolute Gasteiger partial charge is 0.507 e. The van der Waals surface area contributed by atoms with Gasteiger partial charge in [-0.3, -0.25) is 14.5 Å². The van der Waals surface area contributed by atoms with Crippen molar-refractivity contribution in [3.63, 3.8) is 0 Å². The summed E-state index contributed by atoms with van der Waals surface area (Å²) in [4.78, 5) is 27.2. The highest BCUT2D eigenvalue weighted by atomic mass is 35.5. The highest BCUT2D eigenvalue weighted by molar-refractivity contribution is 6.51. The maximum atomic E-state index is 13.5. The Morgan fingerprint density at radius 1 is 0.933 bits per heavy atom. The number of hydrogen-bond acceptors (Lipinski definition) is 3. The molecule has 4 rings (SSSR count). The van der Waals surface area contributed by atoms with E-state index in [9.17, 15) is 19.1 Å². The molecule has 6 heteroatoms. The van der Waals surface area contributed by atoms with Crippen molar-refractivity contribution in [3.05, 3.63) is 106 Å². The Morgan fingerprint density at radius 2 is 1.53 bits per heavy atom. The second kappa shape index (κ2) is 7.76. The number of anilines is 1. The molecule has 0 saturated carbocycles. The third-order valence-corrected chi connectivity index (χ3v) is 5.31. The summed E-state index contributed by atoms with van der Waals surface area (Å²) in [6.07, 6.45) is 0. The van der Waals surface area contributed by atoms with Crippen molar-refractivity contribution in [1.29, 1.82) is 0 Å². The molecule has 1 fully saturated rings. The molecule has 1 N–H and O–H groups in total. The van der Waals surface area contributed by atoms with E-state index >= 15 is 0 Å². The molecular weight excluding hydrogens is 405 g/mol. The van der Waals surface area contributed by atoms with Gasteiger partial charge < -0.3 is 5.11 Å². The van der Waals surface area contributed by atoms with Crippen LogP contribution in [0, 0.1) is 12.7 Å². The number of carbonyl (C=O) groups is 2. The van der Waals surface area contributed by atoms with Gasteiger partial charge in [-0.2, -0.15) is 0 Å². The lowest BCUT2D eigenvalue weighted by Gasteiger charge is -2.25. The summed E-state index contributed by atoms with van der Waals surface area (Å²) < 4.78 is 13.5. The number of amides is 1. The van der Waals surface area contributed by atoms with Gasteiger partial charge in [0.15, 0.2) is 0 Å². The summed E-state index contributed by atoms with van der Waals surface area (Å²) in [6.45, 7) is 1.90. The zero-order valence-electron chi connectivity index (χ0n) is 16.0. The van der Waals surface area contributed by atoms with E-state index < -0.39 is 23.5 Å². The second-order valence-electron chi connectivity index (χ2n) is 7.06. The molecule has 1 saturated heterocycles. The van der Waals surface area contributed by atoms with Crippen molar-refractivity contribution in [3.8, 4) is 0 Å². The Kier molecular flexibility index (Phi) is 5.14. The molecule has 150 valence electrons. The number of ketones is 1. The van der Waals surface area contributed by atoms with Crippen LogP contribution < -0.4 is 4.90 Å². The Labute approximate surface area is 177 Å². The van der Waals surface area contributed by atoms with Gasteiger partial charge in [-0.15, -0.1) is 0 Å². The van der Waals surface area contributed by atoms with Crippen LogP contribution in [0.1, 0.15) is 22.7 Å². The van der Waals surface area contributed by atoms with Crippen LogP contribution in [-0.4, -0.2) is 16.8 Å². The smallest absolute Gasteiger partial charge is 0.300 e. The zero-order valence-corrected chi connectivity index (χ0v) is 16.7. The SMILES string of the molecule is Cc1ccc(/C(O)=C2\C(=O)C(=O)N(c3ccc(Cl)cc3)C2c2ccc(F)cc2)cc1. The van der Waals surface area contributed by atoms with E-state index in [2.05, 4.69) is 0 Å². The molecule has 0 aliphatic carbocycles. The molecule has 0 spiro atoms. The van der Waals surface area contributed by atoms with Gasteiger partial charge in [0.2, 0.25) is 0 Å². The minimum absolute atomic E-state index is 0.0505. The molecule has 1 amide bonds. The van der Waals surface area contributed by atoms with Gasteiger partial charge in [0.05, 0.1) is 11.6 Å². The first kappa shape index (κ1) is 19.9. The summed E-state index contributed by atoms with van der Waals surface area (Å²) in [5, 5.41) is 11.5. The molecule has 1 aliphatic heterocycles. The predicted molar refractivity (Wildman–Crippen MR) is 114 cm³/mol. The fourth-order valence-electron chi connectivity index (χ4n) is 3.53. The van der Waals surface area contributed by atoms with Crippen LogP contribution in [0.4, 0.5) is 10.1 Å². The van der Waals surface area contributed by atoms with Crippen molar-refractivity contribution in [1.82, 2.24) is 0 Å². The average Bonchev–Trinajstić information content (AvgIpc) is 3.00. The summed E-state index contributed by atoms with van der Waals surface area (Å²) >= 11 is 5.96. The molecule has 0 radical (unpaired) electrons. The molecule has 3 aromatic carbocycles. The lowest BCUT2D eigenvalue weighted by molar-refractivity contribution is -0.132. The second-order valence-corrected chi connectivity index (χ2v) is 7.50. The maximum Gasteiger partial charge on any atom is 0.300 e. The van der Waals surface area contributed by atoms with Gasteiger partial charge in [-0.1, -0.05) is 53.6 Å². The van der Waals surface area contributed by atoms with E-state index in [1.54, 1.807) is 48.5 Å². The van der Waals surface area contributed by atoms with Crippen molar-refractivity contribution in [2.45, 2.75) is 13.0 Å². The highest BCUT2D eigenvalue weighted by Crippen LogP contribution is 2.42. The molecule has 1 heterocycles. The maximum absolute atomic E-state index is 13.5. The minimum atomic E-state index is -0.909. The third kappa shape index (κ3) is 3.48. The molecule has 0 bridgehead atoms. The molecule has 30 heavy (non-hydrogen) atoms. The fraction of sp³-hybridized carbons (Fsp3) is 0.0833. The fourth-order valence-corrected chi connectivity index (χ4v) is 3.65. The summed E-state index contributed by atoms with van der Waals surface area (Å²) in [5.74, 6) is -2.31. The number of benzene rings is 3. The highest BCUT2D eigenvalue weighted by Gasteiger charge is 2.46. The Morgan fingerprint density at radius 3 is 2.13 bits per heavy atom. The standard InChI is InChI=1S/C24H17ClFNO3/c1-14-2-4-16(5-3-14)22(28)20-21(15-6-10-18(26)11-7-15)27(24(30)23(20)29)19-12-8-17(25)9-13-19/h2-13,21,28H,1H3/b22-20+. The van der Waals surface area contributed by atoms with Crippen molar-refractivity contribution in [2.24, 2.45) is 0 Å². The van der Waals surface area contributed by atoms with E-state index in [1.165, 1.54) is 29.2 Å². The van der Waals surface area contributed by atoms with Crippen molar-refractivity contribution < 1.29 is 19.1 Å². The number of nitrogens with zero attached hydrogens (tertiary/aromatic N) is 1. The number of halogens is 2. The lowest BCUT2D eigenvalue weighted by atomic mass is 9.95. The summed E-state index contributed by atoms with van der Waals surface area (Å²) in [7, 11) is 0. The summed E-state index contributed by atoms with van der Waals surface area (Å²) in [5.41, 5.74) is 2.30. The first-order valence-electron chi connectivity index (χ1n) is 9.26. The first-order chi connectivity index (χ1) is 14.4. The van der Waals surface area contributed by atoms with Crippen LogP contribution in [0.2, 0.25) is 5.02 Å². The number of rotatable bonds is 3. The average molecular weight is 422 g/mol. The van der Waals surface area contributed by atoms with Crippen molar-refractivity contribution >= 4 is 34.7 Å².